The zero-order valence-corrected chi connectivity index (χ0v) is 14.6. The SMILES string of the molecule is COc1c(Br)cc(CN[C@@H](C)Cn2ccnc2)cc1Br. The van der Waals surface area contributed by atoms with Crippen LogP contribution < -0.4 is 10.1 Å². The molecule has 0 saturated heterocycles. The van der Waals surface area contributed by atoms with Crippen LogP contribution in [0.5, 0.6) is 5.75 Å². The van der Waals surface area contributed by atoms with Crippen molar-refractivity contribution >= 4 is 31.9 Å². The molecule has 108 valence electrons. The number of aromatic nitrogens is 2. The molecule has 0 unspecified atom stereocenters. The fraction of sp³-hybridized carbons (Fsp3) is 0.357. The summed E-state index contributed by atoms with van der Waals surface area (Å²) in [4.78, 5) is 4.04. The third kappa shape index (κ3) is 4.07. The van der Waals surface area contributed by atoms with Gasteiger partial charge in [0.1, 0.15) is 5.75 Å². The van der Waals surface area contributed by atoms with Gasteiger partial charge in [-0.3, -0.25) is 0 Å². The predicted octanol–water partition coefficient (Wildman–Crippen LogP) is 3.60. The molecule has 0 aliphatic heterocycles. The van der Waals surface area contributed by atoms with Crippen LogP contribution in [0.2, 0.25) is 0 Å². The maximum atomic E-state index is 5.30. The molecule has 0 radical (unpaired) electrons. The highest BCUT2D eigenvalue weighted by atomic mass is 79.9. The van der Waals surface area contributed by atoms with Crippen molar-refractivity contribution in [2.75, 3.05) is 7.11 Å². The fourth-order valence-electron chi connectivity index (χ4n) is 1.98. The molecule has 0 aliphatic rings. The molecule has 0 saturated carbocycles. The minimum atomic E-state index is 0.365. The number of hydrogen-bond acceptors (Lipinski definition) is 3. The minimum absolute atomic E-state index is 0.365. The molecule has 1 atom stereocenters. The van der Waals surface area contributed by atoms with Crippen LogP contribution in [0.4, 0.5) is 0 Å². The lowest BCUT2D eigenvalue weighted by atomic mass is 10.2. The van der Waals surface area contributed by atoms with Crippen molar-refractivity contribution < 1.29 is 4.74 Å². The average Bonchev–Trinajstić information content (AvgIpc) is 2.89. The zero-order valence-electron chi connectivity index (χ0n) is 11.4. The largest absolute Gasteiger partial charge is 0.494 e. The number of rotatable bonds is 6. The fourth-order valence-corrected chi connectivity index (χ4v) is 3.58. The van der Waals surface area contributed by atoms with Crippen LogP contribution in [0, 0.1) is 0 Å². The van der Waals surface area contributed by atoms with Crippen LogP contribution in [0.25, 0.3) is 0 Å². The van der Waals surface area contributed by atoms with Crippen molar-refractivity contribution in [3.8, 4) is 5.75 Å². The standard InChI is InChI=1S/C14H17Br2N3O/c1-10(8-19-4-3-17-9-19)18-7-11-5-12(15)14(20-2)13(16)6-11/h3-6,9-10,18H,7-8H2,1-2H3/t10-/m0/s1. The van der Waals surface area contributed by atoms with Crippen molar-refractivity contribution in [1.82, 2.24) is 14.9 Å². The van der Waals surface area contributed by atoms with Gasteiger partial charge in [-0.1, -0.05) is 0 Å². The van der Waals surface area contributed by atoms with Gasteiger partial charge in [0.15, 0.2) is 0 Å². The van der Waals surface area contributed by atoms with Gasteiger partial charge < -0.3 is 14.6 Å². The Morgan fingerprint density at radius 1 is 1.35 bits per heavy atom. The molecule has 0 bridgehead atoms. The maximum Gasteiger partial charge on any atom is 0.147 e. The molecule has 0 fully saturated rings. The van der Waals surface area contributed by atoms with Crippen molar-refractivity contribution in [2.45, 2.75) is 26.1 Å². The molecule has 1 N–H and O–H groups in total. The van der Waals surface area contributed by atoms with Gasteiger partial charge >= 0.3 is 0 Å². The van der Waals surface area contributed by atoms with Crippen molar-refractivity contribution in [2.24, 2.45) is 0 Å². The smallest absolute Gasteiger partial charge is 0.147 e. The lowest BCUT2D eigenvalue weighted by Gasteiger charge is -2.15. The van der Waals surface area contributed by atoms with Crippen molar-refractivity contribution in [3.05, 3.63) is 45.4 Å². The number of hydrogen-bond donors (Lipinski definition) is 1. The summed E-state index contributed by atoms with van der Waals surface area (Å²) in [6.07, 6.45) is 5.60. The number of nitrogens with zero attached hydrogens (tertiary/aromatic N) is 2. The first-order valence-corrected chi connectivity index (χ1v) is 7.89. The van der Waals surface area contributed by atoms with E-state index in [2.05, 4.69) is 65.8 Å². The Balaban J connectivity index is 1.93. The summed E-state index contributed by atoms with van der Waals surface area (Å²) in [5.41, 5.74) is 1.20. The summed E-state index contributed by atoms with van der Waals surface area (Å²) in [5.74, 6) is 0.820. The molecular weight excluding hydrogens is 386 g/mol. The van der Waals surface area contributed by atoms with Crippen LogP contribution in [0.1, 0.15) is 12.5 Å². The van der Waals surface area contributed by atoms with Crippen molar-refractivity contribution in [1.29, 1.82) is 0 Å². The van der Waals surface area contributed by atoms with Crippen molar-refractivity contribution in [3.63, 3.8) is 0 Å². The van der Waals surface area contributed by atoms with Gasteiger partial charge in [0.05, 0.1) is 22.4 Å². The highest BCUT2D eigenvalue weighted by Crippen LogP contribution is 2.34. The monoisotopic (exact) mass is 401 g/mol. The maximum absolute atomic E-state index is 5.30. The summed E-state index contributed by atoms with van der Waals surface area (Å²) < 4.78 is 9.27. The molecule has 1 aromatic heterocycles. The first-order chi connectivity index (χ1) is 9.60. The Kier molecular flexibility index (Phi) is 5.63. The number of nitrogens with one attached hydrogen (secondary N) is 1. The van der Waals surface area contributed by atoms with Crippen LogP contribution in [-0.2, 0) is 13.1 Å². The van der Waals surface area contributed by atoms with Crippen LogP contribution in [-0.4, -0.2) is 22.7 Å². The molecule has 1 aromatic carbocycles. The lowest BCUT2D eigenvalue weighted by Crippen LogP contribution is -2.29. The van der Waals surface area contributed by atoms with E-state index in [1.165, 1.54) is 5.56 Å². The zero-order chi connectivity index (χ0) is 14.5. The number of benzene rings is 1. The Morgan fingerprint density at radius 3 is 2.60 bits per heavy atom. The third-order valence-electron chi connectivity index (χ3n) is 2.96. The molecule has 6 heteroatoms. The van der Waals surface area contributed by atoms with Gasteiger partial charge in [-0.2, -0.15) is 0 Å². The van der Waals surface area contributed by atoms with E-state index < -0.39 is 0 Å². The first kappa shape index (κ1) is 15.5. The highest BCUT2D eigenvalue weighted by molar-refractivity contribution is 9.11. The summed E-state index contributed by atoms with van der Waals surface area (Å²) in [7, 11) is 1.66. The van der Waals surface area contributed by atoms with Gasteiger partial charge in [-0.15, -0.1) is 0 Å². The summed E-state index contributed by atoms with van der Waals surface area (Å²) in [5, 5.41) is 3.50. The Morgan fingerprint density at radius 2 is 2.05 bits per heavy atom. The van der Waals surface area contributed by atoms with E-state index in [1.54, 1.807) is 13.3 Å². The molecular formula is C14H17Br2N3O. The number of halogens is 2. The molecule has 1 heterocycles. The van der Waals surface area contributed by atoms with E-state index in [0.29, 0.717) is 6.04 Å². The minimum Gasteiger partial charge on any atom is -0.494 e. The Bertz CT molecular complexity index is 535. The molecule has 2 aromatic rings. The van der Waals surface area contributed by atoms with E-state index in [4.69, 9.17) is 4.74 Å². The van der Waals surface area contributed by atoms with Crippen LogP contribution in [0.15, 0.2) is 39.8 Å². The normalized spacial score (nSPS) is 12.4. The molecule has 0 aliphatic carbocycles. The Hall–Kier alpha value is -0.850. The number of methoxy groups -OCH3 is 1. The molecule has 0 amide bonds. The second kappa shape index (κ2) is 7.24. The molecule has 4 nitrogen and oxygen atoms in total. The molecule has 20 heavy (non-hydrogen) atoms. The quantitative estimate of drug-likeness (QED) is 0.802. The second-order valence-electron chi connectivity index (χ2n) is 4.63. The number of imidazole rings is 1. The topological polar surface area (TPSA) is 39.1 Å². The van der Waals surface area contributed by atoms with Gasteiger partial charge in [0.2, 0.25) is 0 Å². The summed E-state index contributed by atoms with van der Waals surface area (Å²) >= 11 is 7.04. The van der Waals surface area contributed by atoms with E-state index in [0.717, 1.165) is 27.8 Å². The number of ether oxygens (including phenoxy) is 1. The average molecular weight is 403 g/mol. The van der Waals surface area contributed by atoms with E-state index in [-0.39, 0.29) is 0 Å². The first-order valence-electron chi connectivity index (χ1n) is 6.31. The molecule has 0 spiro atoms. The molecule has 2 rings (SSSR count). The highest BCUT2D eigenvalue weighted by Gasteiger charge is 2.09. The third-order valence-corrected chi connectivity index (χ3v) is 4.14. The van der Waals surface area contributed by atoms with Crippen LogP contribution in [0.3, 0.4) is 0 Å². The van der Waals surface area contributed by atoms with Gasteiger partial charge in [0.25, 0.3) is 0 Å². The second-order valence-corrected chi connectivity index (χ2v) is 6.34. The van der Waals surface area contributed by atoms with E-state index >= 15 is 0 Å². The van der Waals surface area contributed by atoms with Crippen LogP contribution >= 0.6 is 31.9 Å². The van der Waals surface area contributed by atoms with E-state index in [9.17, 15) is 0 Å². The van der Waals surface area contributed by atoms with E-state index in [1.807, 2.05) is 12.5 Å². The Labute approximate surface area is 135 Å². The summed E-state index contributed by atoms with van der Waals surface area (Å²) in [6.45, 7) is 3.86. The summed E-state index contributed by atoms with van der Waals surface area (Å²) in [6, 6.07) is 4.50. The lowest BCUT2D eigenvalue weighted by molar-refractivity contribution is 0.409. The van der Waals surface area contributed by atoms with Gasteiger partial charge in [0, 0.05) is 31.5 Å². The predicted molar refractivity (Wildman–Crippen MR) is 86.9 cm³/mol. The van der Waals surface area contributed by atoms with Gasteiger partial charge in [-0.05, 0) is 56.5 Å². The van der Waals surface area contributed by atoms with Gasteiger partial charge in [-0.25, -0.2) is 4.98 Å².